The normalized spacial score (nSPS) is 11.4. The molecule has 140 valence electrons. The Balaban J connectivity index is 2.13. The van der Waals surface area contributed by atoms with Crippen LogP contribution in [0.5, 0.6) is 0 Å². The molecule has 0 atom stereocenters. The third kappa shape index (κ3) is 10.8. The third-order valence-corrected chi connectivity index (χ3v) is 4.33. The summed E-state index contributed by atoms with van der Waals surface area (Å²) in [6.45, 7) is 8.96. The van der Waals surface area contributed by atoms with E-state index >= 15 is 0 Å². The van der Waals surface area contributed by atoms with Gasteiger partial charge in [-0.15, -0.1) is 0 Å². The molecule has 25 heavy (non-hydrogen) atoms. The Labute approximate surface area is 155 Å². The van der Waals surface area contributed by atoms with Gasteiger partial charge in [0.1, 0.15) is 0 Å². The van der Waals surface area contributed by atoms with E-state index in [1.54, 1.807) is 23.7 Å². The predicted molar refractivity (Wildman–Crippen MR) is 106 cm³/mol. The van der Waals surface area contributed by atoms with Crippen molar-refractivity contribution in [2.24, 2.45) is 0 Å². The molecule has 1 rings (SSSR count). The molecule has 0 saturated carbocycles. The largest absolute Gasteiger partial charge is 0.354 e. The van der Waals surface area contributed by atoms with Gasteiger partial charge in [-0.3, -0.25) is 14.5 Å². The lowest BCUT2D eigenvalue weighted by atomic mass is 10.1. The number of rotatable bonds is 9. The van der Waals surface area contributed by atoms with Crippen LogP contribution in [0, 0.1) is 6.92 Å². The van der Waals surface area contributed by atoms with Crippen LogP contribution in [0.25, 0.3) is 0 Å². The number of aryl methyl sites for hydroxylation is 1. The zero-order valence-electron chi connectivity index (χ0n) is 16.0. The number of carbonyl (C=O) groups excluding carboxylic acids is 2. The van der Waals surface area contributed by atoms with E-state index in [2.05, 4.69) is 41.8 Å². The van der Waals surface area contributed by atoms with Gasteiger partial charge in [0.05, 0.1) is 13.1 Å². The fourth-order valence-electron chi connectivity index (χ4n) is 2.20. The first kappa shape index (κ1) is 21.5. The Bertz CT molecular complexity index is 553. The second-order valence-electron chi connectivity index (χ2n) is 7.36. The SMILES string of the molecule is Cc1ccc(CSCCNC(=O)CN(C)CC(=O)NC(C)(C)C)cc1. The average molecular weight is 366 g/mol. The van der Waals surface area contributed by atoms with Gasteiger partial charge in [-0.05, 0) is 40.3 Å². The number of hydrogen-bond donors (Lipinski definition) is 2. The maximum Gasteiger partial charge on any atom is 0.234 e. The molecule has 0 unspecified atom stereocenters. The number of carbonyl (C=O) groups is 2. The number of nitrogens with zero attached hydrogens (tertiary/aromatic N) is 1. The Morgan fingerprint density at radius 1 is 1.08 bits per heavy atom. The van der Waals surface area contributed by atoms with Gasteiger partial charge in [0.15, 0.2) is 0 Å². The summed E-state index contributed by atoms with van der Waals surface area (Å²) in [6, 6.07) is 8.50. The lowest BCUT2D eigenvalue weighted by Crippen LogP contribution is -2.46. The summed E-state index contributed by atoms with van der Waals surface area (Å²) >= 11 is 1.80. The standard InChI is InChI=1S/C19H31N3O2S/c1-15-6-8-16(9-7-15)14-25-11-10-20-17(23)12-22(5)13-18(24)21-19(2,3)4/h6-9H,10-14H2,1-5H3,(H,20,23)(H,21,24). The van der Waals surface area contributed by atoms with Crippen molar-refractivity contribution in [3.8, 4) is 0 Å². The smallest absolute Gasteiger partial charge is 0.234 e. The fourth-order valence-corrected chi connectivity index (χ4v) is 3.02. The zero-order valence-corrected chi connectivity index (χ0v) is 16.8. The molecule has 0 radical (unpaired) electrons. The number of benzene rings is 1. The van der Waals surface area contributed by atoms with E-state index in [1.807, 2.05) is 20.8 Å². The van der Waals surface area contributed by atoms with Crippen molar-refractivity contribution in [1.29, 1.82) is 0 Å². The van der Waals surface area contributed by atoms with Crippen molar-refractivity contribution in [3.05, 3.63) is 35.4 Å². The lowest BCUT2D eigenvalue weighted by Gasteiger charge is -2.23. The Kier molecular flexibility index (Phi) is 9.00. The Morgan fingerprint density at radius 2 is 1.68 bits per heavy atom. The molecule has 5 nitrogen and oxygen atoms in total. The van der Waals surface area contributed by atoms with Gasteiger partial charge in [0.25, 0.3) is 0 Å². The van der Waals surface area contributed by atoms with Gasteiger partial charge >= 0.3 is 0 Å². The van der Waals surface area contributed by atoms with Crippen molar-refractivity contribution >= 4 is 23.6 Å². The van der Waals surface area contributed by atoms with Crippen molar-refractivity contribution in [3.63, 3.8) is 0 Å². The van der Waals surface area contributed by atoms with E-state index in [1.165, 1.54) is 11.1 Å². The number of likely N-dealkylation sites (N-methyl/N-ethyl adjacent to an activating group) is 1. The van der Waals surface area contributed by atoms with Crippen LogP contribution in [0.15, 0.2) is 24.3 Å². The highest BCUT2D eigenvalue weighted by atomic mass is 32.2. The molecule has 0 aliphatic rings. The van der Waals surface area contributed by atoms with Crippen LogP contribution in [0.4, 0.5) is 0 Å². The van der Waals surface area contributed by atoms with Crippen molar-refractivity contribution in [2.75, 3.05) is 32.4 Å². The van der Waals surface area contributed by atoms with Crippen LogP contribution >= 0.6 is 11.8 Å². The first-order chi connectivity index (χ1) is 11.7. The van der Waals surface area contributed by atoms with Crippen molar-refractivity contribution in [2.45, 2.75) is 39.0 Å². The first-order valence-corrected chi connectivity index (χ1v) is 9.71. The average Bonchev–Trinajstić information content (AvgIpc) is 2.46. The van der Waals surface area contributed by atoms with Crippen LogP contribution in [0.1, 0.15) is 31.9 Å². The summed E-state index contributed by atoms with van der Waals surface area (Å²) in [6.07, 6.45) is 0. The van der Waals surface area contributed by atoms with E-state index < -0.39 is 0 Å². The Morgan fingerprint density at radius 3 is 2.28 bits per heavy atom. The molecule has 0 saturated heterocycles. The third-order valence-electron chi connectivity index (χ3n) is 3.30. The number of amides is 2. The van der Waals surface area contributed by atoms with E-state index in [9.17, 15) is 9.59 Å². The summed E-state index contributed by atoms with van der Waals surface area (Å²) in [4.78, 5) is 25.4. The highest BCUT2D eigenvalue weighted by Gasteiger charge is 2.16. The maximum atomic E-state index is 11.9. The quantitative estimate of drug-likeness (QED) is 0.659. The van der Waals surface area contributed by atoms with Crippen LogP contribution < -0.4 is 10.6 Å². The minimum absolute atomic E-state index is 0.0537. The van der Waals surface area contributed by atoms with E-state index in [4.69, 9.17) is 0 Å². The predicted octanol–water partition coefficient (Wildman–Crippen LogP) is 2.19. The summed E-state index contributed by atoms with van der Waals surface area (Å²) in [5.41, 5.74) is 2.31. The van der Waals surface area contributed by atoms with Crippen LogP contribution in [0.3, 0.4) is 0 Å². The van der Waals surface area contributed by atoms with Crippen molar-refractivity contribution in [1.82, 2.24) is 15.5 Å². The fraction of sp³-hybridized carbons (Fsp3) is 0.579. The Hall–Kier alpha value is -1.53. The molecule has 0 spiro atoms. The molecule has 0 aromatic heterocycles. The van der Waals surface area contributed by atoms with Gasteiger partial charge < -0.3 is 10.6 Å². The molecule has 0 bridgehead atoms. The molecule has 2 N–H and O–H groups in total. The topological polar surface area (TPSA) is 61.4 Å². The van der Waals surface area contributed by atoms with E-state index in [0.29, 0.717) is 6.54 Å². The number of nitrogens with one attached hydrogen (secondary N) is 2. The van der Waals surface area contributed by atoms with Gasteiger partial charge in [-0.2, -0.15) is 11.8 Å². The second-order valence-corrected chi connectivity index (χ2v) is 8.46. The summed E-state index contributed by atoms with van der Waals surface area (Å²) < 4.78 is 0. The monoisotopic (exact) mass is 365 g/mol. The van der Waals surface area contributed by atoms with Crippen molar-refractivity contribution < 1.29 is 9.59 Å². The van der Waals surface area contributed by atoms with Crippen LogP contribution in [-0.4, -0.2) is 54.7 Å². The molecule has 0 aliphatic heterocycles. The molecule has 1 aromatic carbocycles. The zero-order chi connectivity index (χ0) is 18.9. The molecule has 0 fully saturated rings. The molecule has 1 aromatic rings. The van der Waals surface area contributed by atoms with Crippen LogP contribution in [0.2, 0.25) is 0 Å². The second kappa shape index (κ2) is 10.5. The van der Waals surface area contributed by atoms with Gasteiger partial charge in [-0.25, -0.2) is 0 Å². The molecule has 2 amide bonds. The molecule has 0 heterocycles. The van der Waals surface area contributed by atoms with Gasteiger partial charge in [0, 0.05) is 23.6 Å². The molecular weight excluding hydrogens is 334 g/mol. The molecule has 0 aliphatic carbocycles. The molecule has 6 heteroatoms. The molecular formula is C19H31N3O2S. The first-order valence-electron chi connectivity index (χ1n) is 8.55. The van der Waals surface area contributed by atoms with Gasteiger partial charge in [-0.1, -0.05) is 29.8 Å². The number of thioether (sulfide) groups is 1. The summed E-state index contributed by atoms with van der Waals surface area (Å²) in [7, 11) is 1.77. The summed E-state index contributed by atoms with van der Waals surface area (Å²) in [5.74, 6) is 1.69. The number of hydrogen-bond acceptors (Lipinski definition) is 4. The maximum absolute atomic E-state index is 11.9. The highest BCUT2D eigenvalue weighted by molar-refractivity contribution is 7.98. The lowest BCUT2D eigenvalue weighted by molar-refractivity contribution is -0.125. The van der Waals surface area contributed by atoms with E-state index in [-0.39, 0.29) is 30.4 Å². The minimum Gasteiger partial charge on any atom is -0.354 e. The minimum atomic E-state index is -0.255. The summed E-state index contributed by atoms with van der Waals surface area (Å²) in [5, 5.41) is 5.78. The van der Waals surface area contributed by atoms with E-state index in [0.717, 1.165) is 11.5 Å². The van der Waals surface area contributed by atoms with Gasteiger partial charge in [0.2, 0.25) is 11.8 Å². The highest BCUT2D eigenvalue weighted by Crippen LogP contribution is 2.12. The van der Waals surface area contributed by atoms with Crippen LogP contribution in [-0.2, 0) is 15.3 Å².